The molecule has 0 aliphatic carbocycles. The van der Waals surface area contributed by atoms with Crippen molar-refractivity contribution in [2.75, 3.05) is 11.9 Å². The summed E-state index contributed by atoms with van der Waals surface area (Å²) < 4.78 is 0. The van der Waals surface area contributed by atoms with Gasteiger partial charge in [0, 0.05) is 19.0 Å². The van der Waals surface area contributed by atoms with Crippen LogP contribution in [0.1, 0.15) is 42.3 Å². The molecule has 1 atom stereocenters. The summed E-state index contributed by atoms with van der Waals surface area (Å²) in [6, 6.07) is 8.15. The predicted octanol–water partition coefficient (Wildman–Crippen LogP) is 3.18. The summed E-state index contributed by atoms with van der Waals surface area (Å²) in [5, 5.41) is 13.3. The second-order valence-corrected chi connectivity index (χ2v) is 7.34. The largest absolute Gasteiger partial charge is 0.348 e. The highest BCUT2D eigenvalue weighted by molar-refractivity contribution is 7.15. The minimum absolute atomic E-state index is 0.145. The molecule has 1 aromatic carbocycles. The monoisotopic (exact) mass is 330 g/mol. The molecule has 1 N–H and O–H groups in total. The molecule has 1 aromatic heterocycles. The molecule has 1 aliphatic heterocycles. The SMILES string of the molecule is Cc1ccc(CN2CCC(Nc3nnc(C(C)C)s3)C2=O)cc1. The zero-order valence-corrected chi connectivity index (χ0v) is 14.6. The molecule has 0 saturated carbocycles. The second-order valence-electron chi connectivity index (χ2n) is 6.33. The van der Waals surface area contributed by atoms with E-state index in [1.165, 1.54) is 22.5 Å². The van der Waals surface area contributed by atoms with Crippen LogP contribution in [0.25, 0.3) is 0 Å². The van der Waals surface area contributed by atoms with Crippen molar-refractivity contribution in [1.29, 1.82) is 0 Å². The summed E-state index contributed by atoms with van der Waals surface area (Å²) in [7, 11) is 0. The number of aromatic nitrogens is 2. The summed E-state index contributed by atoms with van der Waals surface area (Å²) >= 11 is 1.53. The Morgan fingerprint density at radius 1 is 1.30 bits per heavy atom. The first-order valence-corrected chi connectivity index (χ1v) is 8.79. The average Bonchev–Trinajstić information content (AvgIpc) is 3.12. The number of nitrogens with one attached hydrogen (secondary N) is 1. The molecule has 0 bridgehead atoms. The lowest BCUT2D eigenvalue weighted by Crippen LogP contribution is -2.33. The van der Waals surface area contributed by atoms with Crippen LogP contribution >= 0.6 is 11.3 Å². The molecule has 6 heteroatoms. The van der Waals surface area contributed by atoms with Crippen LogP contribution < -0.4 is 5.32 Å². The number of aryl methyl sites for hydroxylation is 1. The highest BCUT2D eigenvalue weighted by Crippen LogP contribution is 2.25. The maximum atomic E-state index is 12.5. The Balaban J connectivity index is 1.60. The van der Waals surface area contributed by atoms with E-state index < -0.39 is 0 Å². The third-order valence-corrected chi connectivity index (χ3v) is 5.18. The summed E-state index contributed by atoms with van der Waals surface area (Å²) in [5.41, 5.74) is 2.40. The number of rotatable bonds is 5. The average molecular weight is 330 g/mol. The summed E-state index contributed by atoms with van der Waals surface area (Å²) in [6.45, 7) is 7.70. The van der Waals surface area contributed by atoms with Crippen LogP contribution in [-0.2, 0) is 11.3 Å². The Kier molecular flexibility index (Phi) is 4.61. The van der Waals surface area contributed by atoms with Crippen LogP contribution in [0.5, 0.6) is 0 Å². The Morgan fingerprint density at radius 2 is 2.04 bits per heavy atom. The van der Waals surface area contributed by atoms with Gasteiger partial charge in [-0.15, -0.1) is 10.2 Å². The molecule has 122 valence electrons. The lowest BCUT2D eigenvalue weighted by atomic mass is 10.1. The van der Waals surface area contributed by atoms with Crippen molar-refractivity contribution in [3.05, 3.63) is 40.4 Å². The Hall–Kier alpha value is -1.95. The normalized spacial score (nSPS) is 18.0. The zero-order chi connectivity index (χ0) is 16.4. The maximum absolute atomic E-state index is 12.5. The highest BCUT2D eigenvalue weighted by Gasteiger charge is 2.32. The quantitative estimate of drug-likeness (QED) is 0.915. The van der Waals surface area contributed by atoms with Crippen LogP contribution in [0.4, 0.5) is 5.13 Å². The van der Waals surface area contributed by atoms with Crippen molar-refractivity contribution in [3.63, 3.8) is 0 Å². The standard InChI is InChI=1S/C17H22N4OS/c1-11(2)15-19-20-17(23-15)18-14-8-9-21(16(14)22)10-13-6-4-12(3)5-7-13/h4-7,11,14H,8-10H2,1-3H3,(H,18,20). The van der Waals surface area contributed by atoms with Gasteiger partial charge in [-0.05, 0) is 18.9 Å². The second kappa shape index (κ2) is 6.66. The maximum Gasteiger partial charge on any atom is 0.245 e. The van der Waals surface area contributed by atoms with Crippen molar-refractivity contribution < 1.29 is 4.79 Å². The van der Waals surface area contributed by atoms with Crippen molar-refractivity contribution in [2.24, 2.45) is 0 Å². The van der Waals surface area contributed by atoms with Gasteiger partial charge in [0.2, 0.25) is 11.0 Å². The van der Waals surface area contributed by atoms with E-state index >= 15 is 0 Å². The van der Waals surface area contributed by atoms with Crippen LogP contribution in [0.3, 0.4) is 0 Å². The molecular formula is C17H22N4OS. The minimum Gasteiger partial charge on any atom is -0.348 e. The molecule has 0 radical (unpaired) electrons. The van der Waals surface area contributed by atoms with Crippen LogP contribution in [0.15, 0.2) is 24.3 Å². The molecule has 0 spiro atoms. The molecule has 5 nitrogen and oxygen atoms in total. The molecule has 23 heavy (non-hydrogen) atoms. The number of hydrogen-bond acceptors (Lipinski definition) is 5. The van der Waals surface area contributed by atoms with Gasteiger partial charge in [-0.2, -0.15) is 0 Å². The highest BCUT2D eigenvalue weighted by atomic mass is 32.1. The van der Waals surface area contributed by atoms with Gasteiger partial charge < -0.3 is 10.2 Å². The molecule has 1 fully saturated rings. The van der Waals surface area contributed by atoms with E-state index in [0.29, 0.717) is 12.5 Å². The zero-order valence-electron chi connectivity index (χ0n) is 13.7. The van der Waals surface area contributed by atoms with Gasteiger partial charge in [0.05, 0.1) is 0 Å². The van der Waals surface area contributed by atoms with Crippen LogP contribution in [0.2, 0.25) is 0 Å². The number of carbonyl (C=O) groups is 1. The van der Waals surface area contributed by atoms with E-state index in [4.69, 9.17) is 0 Å². The van der Waals surface area contributed by atoms with Gasteiger partial charge >= 0.3 is 0 Å². The van der Waals surface area contributed by atoms with E-state index in [1.54, 1.807) is 0 Å². The molecule has 2 heterocycles. The number of amides is 1. The fourth-order valence-corrected chi connectivity index (χ4v) is 3.42. The molecule has 2 aromatic rings. The number of benzene rings is 1. The number of anilines is 1. The third kappa shape index (κ3) is 3.69. The lowest BCUT2D eigenvalue weighted by molar-refractivity contribution is -0.128. The molecule has 3 rings (SSSR count). The van der Waals surface area contributed by atoms with Crippen LogP contribution in [-0.4, -0.2) is 33.6 Å². The number of hydrogen-bond donors (Lipinski definition) is 1. The van der Waals surface area contributed by atoms with Crippen LogP contribution in [0, 0.1) is 6.92 Å². The minimum atomic E-state index is -0.187. The van der Waals surface area contributed by atoms with Gasteiger partial charge in [-0.25, -0.2) is 0 Å². The van der Waals surface area contributed by atoms with Crippen molar-refractivity contribution >= 4 is 22.4 Å². The fraction of sp³-hybridized carbons (Fsp3) is 0.471. The van der Waals surface area contributed by atoms with E-state index in [1.807, 2.05) is 4.90 Å². The van der Waals surface area contributed by atoms with Crippen molar-refractivity contribution in [1.82, 2.24) is 15.1 Å². The number of carbonyl (C=O) groups excluding carboxylic acids is 1. The van der Waals surface area contributed by atoms with Gasteiger partial charge in [0.1, 0.15) is 11.0 Å². The van der Waals surface area contributed by atoms with E-state index in [2.05, 4.69) is 60.6 Å². The summed E-state index contributed by atoms with van der Waals surface area (Å²) in [6.07, 6.45) is 0.807. The predicted molar refractivity (Wildman–Crippen MR) is 92.6 cm³/mol. The third-order valence-electron chi connectivity index (χ3n) is 4.02. The fourth-order valence-electron chi connectivity index (χ4n) is 2.62. The van der Waals surface area contributed by atoms with Gasteiger partial charge in [0.15, 0.2) is 0 Å². The van der Waals surface area contributed by atoms with E-state index in [0.717, 1.165) is 23.1 Å². The smallest absolute Gasteiger partial charge is 0.245 e. The topological polar surface area (TPSA) is 58.1 Å². The van der Waals surface area contributed by atoms with Gasteiger partial charge in [-0.3, -0.25) is 4.79 Å². The summed E-state index contributed by atoms with van der Waals surface area (Å²) in [5.74, 6) is 0.507. The Morgan fingerprint density at radius 3 is 2.70 bits per heavy atom. The van der Waals surface area contributed by atoms with Gasteiger partial charge in [0.25, 0.3) is 0 Å². The molecule has 1 amide bonds. The first-order chi connectivity index (χ1) is 11.0. The molecule has 1 saturated heterocycles. The Labute approximate surface area is 140 Å². The van der Waals surface area contributed by atoms with Crippen molar-refractivity contribution in [2.45, 2.75) is 45.7 Å². The number of likely N-dealkylation sites (tertiary alicyclic amines) is 1. The molecule has 1 aliphatic rings. The lowest BCUT2D eigenvalue weighted by Gasteiger charge is -2.17. The molecular weight excluding hydrogens is 308 g/mol. The first-order valence-electron chi connectivity index (χ1n) is 7.97. The van der Waals surface area contributed by atoms with Gasteiger partial charge in [-0.1, -0.05) is 55.0 Å². The van der Waals surface area contributed by atoms with E-state index in [9.17, 15) is 4.79 Å². The molecule has 1 unspecified atom stereocenters. The summed E-state index contributed by atoms with van der Waals surface area (Å²) in [4.78, 5) is 14.5. The first kappa shape index (κ1) is 15.9. The van der Waals surface area contributed by atoms with Crippen molar-refractivity contribution in [3.8, 4) is 0 Å². The Bertz CT molecular complexity index is 680. The number of nitrogens with zero attached hydrogens (tertiary/aromatic N) is 3. The van der Waals surface area contributed by atoms with E-state index in [-0.39, 0.29) is 11.9 Å².